The topological polar surface area (TPSA) is 73.2 Å². The third-order valence-corrected chi connectivity index (χ3v) is 1.44. The van der Waals surface area contributed by atoms with Crippen molar-refractivity contribution in [3.05, 3.63) is 6.92 Å². The Morgan fingerprint density at radius 1 is 1.41 bits per heavy atom. The van der Waals surface area contributed by atoms with Gasteiger partial charge < -0.3 is 32.4 Å². The number of aliphatic hydroxyl groups excluding tert-OH is 3. The number of ether oxygens (including phenoxy) is 1. The molecular weight excluding hydrogens is 297 g/mol. The molecule has 17 heavy (non-hydrogen) atoms. The van der Waals surface area contributed by atoms with Gasteiger partial charge in [-0.25, -0.2) is 0 Å². The van der Waals surface area contributed by atoms with Gasteiger partial charge >= 0.3 is 0 Å². The van der Waals surface area contributed by atoms with Gasteiger partial charge in [0.25, 0.3) is 0 Å². The van der Waals surface area contributed by atoms with Crippen LogP contribution < -0.4 is 0 Å². The Balaban J connectivity index is -0.000000187. The molecule has 0 unspecified atom stereocenters. The molecule has 0 aromatic carbocycles. The molecular formula is C12H19O4Y-. The van der Waals surface area contributed by atoms with E-state index in [1.165, 1.54) is 0 Å². The largest absolute Gasteiger partial charge is 0.394 e. The van der Waals surface area contributed by atoms with Crippen molar-refractivity contribution in [2.24, 2.45) is 0 Å². The van der Waals surface area contributed by atoms with Crippen molar-refractivity contribution in [2.75, 3.05) is 19.8 Å². The summed E-state index contributed by atoms with van der Waals surface area (Å²) in [6, 6.07) is 0. The van der Waals surface area contributed by atoms with Crippen LogP contribution in [0.5, 0.6) is 0 Å². The molecule has 0 aromatic rings. The molecule has 95 valence electrons. The second-order valence-electron chi connectivity index (χ2n) is 2.92. The van der Waals surface area contributed by atoms with Crippen molar-refractivity contribution < 1.29 is 52.8 Å². The fraction of sp³-hybridized carbons (Fsp3) is 0.583. The smallest absolute Gasteiger partial charge is 0.104 e. The van der Waals surface area contributed by atoms with E-state index in [0.29, 0.717) is 12.8 Å². The first-order valence-corrected chi connectivity index (χ1v) is 4.83. The number of epoxide rings is 1. The third kappa shape index (κ3) is 25.9. The standard InChI is InChI=1S/C6H10O2.C3H6O2.C3H3.Y/c1-2-3-4-6(8)5-7;4-1-3-2-5-3;1-3-2;/h1,6-8H,3-5H2;3-4H,1-2H2;1H,2H2;/q;;-1;/t6-;3-;;/m01../s1. The van der Waals surface area contributed by atoms with Crippen molar-refractivity contribution in [3.8, 4) is 24.7 Å². The fourth-order valence-electron chi connectivity index (χ4n) is 0.515. The molecule has 4 nitrogen and oxygen atoms in total. The van der Waals surface area contributed by atoms with Gasteiger partial charge in [-0.15, -0.1) is 12.3 Å². The quantitative estimate of drug-likeness (QED) is 0.374. The summed E-state index contributed by atoms with van der Waals surface area (Å²) in [6.45, 7) is 3.78. The Morgan fingerprint density at radius 3 is 2.06 bits per heavy atom. The SMILES string of the molecule is C#CCC[C@H](O)CO.C#C[CH2-].OC[C@@H]1CO1.[Y]. The Morgan fingerprint density at radius 2 is 1.88 bits per heavy atom. The van der Waals surface area contributed by atoms with Gasteiger partial charge in [0.05, 0.1) is 25.9 Å². The van der Waals surface area contributed by atoms with E-state index in [0.717, 1.165) is 6.61 Å². The summed E-state index contributed by atoms with van der Waals surface area (Å²) in [7, 11) is 0. The molecule has 0 bridgehead atoms. The first-order chi connectivity index (χ1) is 7.65. The van der Waals surface area contributed by atoms with Gasteiger partial charge in [-0.2, -0.15) is 6.92 Å². The van der Waals surface area contributed by atoms with Crippen molar-refractivity contribution in [1.82, 2.24) is 0 Å². The summed E-state index contributed by atoms with van der Waals surface area (Å²) >= 11 is 0. The first kappa shape index (κ1) is 22.1. The molecule has 0 aromatic heterocycles. The van der Waals surface area contributed by atoms with E-state index < -0.39 is 6.10 Å². The van der Waals surface area contributed by atoms with Crippen molar-refractivity contribution >= 4 is 0 Å². The summed E-state index contributed by atoms with van der Waals surface area (Å²) in [4.78, 5) is 0. The van der Waals surface area contributed by atoms with Gasteiger partial charge in [-0.1, -0.05) is 0 Å². The number of rotatable bonds is 4. The van der Waals surface area contributed by atoms with Gasteiger partial charge in [0.15, 0.2) is 0 Å². The van der Waals surface area contributed by atoms with Crippen LogP contribution in [-0.2, 0) is 37.4 Å². The molecule has 0 aliphatic carbocycles. The number of hydrogen-bond donors (Lipinski definition) is 3. The van der Waals surface area contributed by atoms with Gasteiger partial charge in [-0.3, -0.25) is 0 Å². The van der Waals surface area contributed by atoms with Crippen LogP contribution in [0.4, 0.5) is 0 Å². The van der Waals surface area contributed by atoms with Crippen molar-refractivity contribution in [2.45, 2.75) is 25.0 Å². The van der Waals surface area contributed by atoms with E-state index >= 15 is 0 Å². The summed E-state index contributed by atoms with van der Waals surface area (Å²) in [6.07, 6.45) is 9.95. The average Bonchev–Trinajstić information content (AvgIpc) is 3.11. The minimum Gasteiger partial charge on any atom is -0.394 e. The molecule has 3 N–H and O–H groups in total. The fourth-order valence-corrected chi connectivity index (χ4v) is 0.515. The molecule has 5 heteroatoms. The van der Waals surface area contributed by atoms with Crippen LogP contribution in [0.3, 0.4) is 0 Å². The number of aliphatic hydroxyl groups is 3. The Bertz CT molecular complexity index is 216. The number of hydrogen-bond acceptors (Lipinski definition) is 4. The van der Waals surface area contributed by atoms with Crippen LogP contribution in [0.25, 0.3) is 0 Å². The van der Waals surface area contributed by atoms with Crippen molar-refractivity contribution in [3.63, 3.8) is 0 Å². The van der Waals surface area contributed by atoms with Crippen molar-refractivity contribution in [1.29, 1.82) is 0 Å². The molecule has 1 aliphatic heterocycles. The Labute approximate surface area is 129 Å². The van der Waals surface area contributed by atoms with E-state index in [1.807, 2.05) is 5.92 Å². The van der Waals surface area contributed by atoms with E-state index in [1.54, 1.807) is 0 Å². The van der Waals surface area contributed by atoms with Crippen LogP contribution in [-0.4, -0.2) is 47.3 Å². The van der Waals surface area contributed by atoms with E-state index in [-0.39, 0.29) is 52.0 Å². The molecule has 2 atom stereocenters. The maximum absolute atomic E-state index is 8.64. The van der Waals surface area contributed by atoms with E-state index in [4.69, 9.17) is 21.7 Å². The minimum atomic E-state index is -0.633. The zero-order valence-corrected chi connectivity index (χ0v) is 12.7. The van der Waals surface area contributed by atoms with Crippen LogP contribution in [0.2, 0.25) is 0 Å². The zero-order chi connectivity index (χ0) is 12.8. The van der Waals surface area contributed by atoms with Gasteiger partial charge in [0, 0.05) is 39.1 Å². The second-order valence-corrected chi connectivity index (χ2v) is 2.92. The first-order valence-electron chi connectivity index (χ1n) is 4.83. The molecule has 0 saturated carbocycles. The Kier molecular flexibility index (Phi) is 23.8. The van der Waals surface area contributed by atoms with Crippen LogP contribution in [0, 0.1) is 31.6 Å². The predicted molar refractivity (Wildman–Crippen MR) is 62.2 cm³/mol. The van der Waals surface area contributed by atoms with Crippen LogP contribution in [0.15, 0.2) is 0 Å². The summed E-state index contributed by atoms with van der Waals surface area (Å²) in [5, 5.41) is 25.0. The zero-order valence-electron chi connectivity index (χ0n) is 9.88. The molecule has 1 saturated heterocycles. The molecule has 1 radical (unpaired) electrons. The van der Waals surface area contributed by atoms with Crippen LogP contribution in [0.1, 0.15) is 12.8 Å². The number of terminal acetylenes is 2. The maximum atomic E-state index is 8.64. The minimum absolute atomic E-state index is 0. The third-order valence-electron chi connectivity index (χ3n) is 1.44. The van der Waals surface area contributed by atoms with Gasteiger partial charge in [0.1, 0.15) is 6.10 Å². The summed E-state index contributed by atoms with van der Waals surface area (Å²) < 4.78 is 4.61. The second kappa shape index (κ2) is 18.3. The van der Waals surface area contributed by atoms with Gasteiger partial charge in [0.2, 0.25) is 0 Å². The summed E-state index contributed by atoms with van der Waals surface area (Å²) in [5.41, 5.74) is 0. The monoisotopic (exact) mass is 316 g/mol. The van der Waals surface area contributed by atoms with E-state index in [9.17, 15) is 0 Å². The predicted octanol–water partition coefficient (Wildman–Crippen LogP) is -0.418. The molecule has 1 heterocycles. The van der Waals surface area contributed by atoms with Gasteiger partial charge in [-0.05, 0) is 6.42 Å². The molecule has 0 amide bonds. The molecule has 1 fully saturated rings. The molecule has 0 spiro atoms. The van der Waals surface area contributed by atoms with Crippen LogP contribution >= 0.6 is 0 Å². The normalized spacial score (nSPS) is 16.4. The maximum Gasteiger partial charge on any atom is 0.104 e. The average molecular weight is 316 g/mol. The molecule has 1 aliphatic rings. The summed E-state index contributed by atoms with van der Waals surface area (Å²) in [5.74, 6) is 4.36. The van der Waals surface area contributed by atoms with E-state index in [2.05, 4.69) is 24.0 Å². The Hall–Kier alpha value is -0.0661. The molecule has 1 rings (SSSR count).